The van der Waals surface area contributed by atoms with E-state index < -0.39 is 18.6 Å². The zero-order valence-electron chi connectivity index (χ0n) is 10.4. The molecule has 0 aliphatic carbocycles. The number of alkyl halides is 3. The van der Waals surface area contributed by atoms with Crippen LogP contribution in [0.3, 0.4) is 0 Å². The highest BCUT2D eigenvalue weighted by Crippen LogP contribution is 2.20. The van der Waals surface area contributed by atoms with E-state index in [1.54, 1.807) is 23.5 Å². The Morgan fingerprint density at radius 1 is 1.25 bits per heavy atom. The zero-order chi connectivity index (χ0) is 15.2. The predicted molar refractivity (Wildman–Crippen MR) is 72.1 cm³/mol. The third-order valence-corrected chi connectivity index (χ3v) is 2.94. The first-order valence-electron chi connectivity index (χ1n) is 5.76. The van der Waals surface area contributed by atoms with E-state index in [-0.39, 0.29) is 6.54 Å². The number of rotatable bonds is 6. The second-order valence-electron chi connectivity index (χ2n) is 4.05. The monoisotopic (exact) mass is 328 g/mol. The van der Waals surface area contributed by atoms with Gasteiger partial charge >= 0.3 is 6.18 Å². The van der Waals surface area contributed by atoms with Crippen LogP contribution in [0.5, 0.6) is 0 Å². The first-order valence-corrected chi connectivity index (χ1v) is 6.51. The van der Waals surface area contributed by atoms with Crippen molar-refractivity contribution in [2.45, 2.75) is 12.6 Å². The van der Waals surface area contributed by atoms with Gasteiger partial charge in [0.2, 0.25) is 5.91 Å². The van der Waals surface area contributed by atoms with Crippen molar-refractivity contribution in [1.82, 2.24) is 10.6 Å². The molecular formula is C12H13Cl2F3N2O. The van der Waals surface area contributed by atoms with E-state index >= 15 is 0 Å². The van der Waals surface area contributed by atoms with Crippen LogP contribution in [0.25, 0.3) is 0 Å². The summed E-state index contributed by atoms with van der Waals surface area (Å²) in [5.74, 6) is -0.704. The Morgan fingerprint density at radius 3 is 2.55 bits per heavy atom. The summed E-state index contributed by atoms with van der Waals surface area (Å²) in [6.45, 7) is -1.08. The number of benzene rings is 1. The van der Waals surface area contributed by atoms with Crippen molar-refractivity contribution in [3.63, 3.8) is 0 Å². The van der Waals surface area contributed by atoms with E-state index in [0.29, 0.717) is 23.0 Å². The van der Waals surface area contributed by atoms with E-state index in [1.807, 2.05) is 0 Å². The van der Waals surface area contributed by atoms with Crippen molar-refractivity contribution < 1.29 is 18.0 Å². The Labute approximate surface area is 124 Å². The highest BCUT2D eigenvalue weighted by atomic mass is 35.5. The molecule has 0 bridgehead atoms. The van der Waals surface area contributed by atoms with Crippen LogP contribution in [0.2, 0.25) is 10.0 Å². The van der Waals surface area contributed by atoms with Gasteiger partial charge in [-0.1, -0.05) is 29.3 Å². The summed E-state index contributed by atoms with van der Waals surface area (Å²) in [7, 11) is 0. The molecule has 20 heavy (non-hydrogen) atoms. The molecule has 0 aromatic heterocycles. The minimum absolute atomic E-state index is 0.179. The molecule has 2 N–H and O–H groups in total. The first-order chi connectivity index (χ1) is 9.28. The van der Waals surface area contributed by atoms with E-state index in [0.717, 1.165) is 5.56 Å². The Balaban J connectivity index is 2.23. The summed E-state index contributed by atoms with van der Waals surface area (Å²) in [5.41, 5.74) is 0.847. The van der Waals surface area contributed by atoms with E-state index in [9.17, 15) is 18.0 Å². The summed E-state index contributed by atoms with van der Waals surface area (Å²) in [4.78, 5) is 11.1. The van der Waals surface area contributed by atoms with Crippen LogP contribution in [0.4, 0.5) is 13.2 Å². The molecule has 3 nitrogen and oxygen atoms in total. The lowest BCUT2D eigenvalue weighted by Crippen LogP contribution is -2.39. The molecule has 0 radical (unpaired) electrons. The first kappa shape index (κ1) is 17.1. The fourth-order valence-corrected chi connectivity index (χ4v) is 1.91. The summed E-state index contributed by atoms with van der Waals surface area (Å²) >= 11 is 11.7. The van der Waals surface area contributed by atoms with Crippen molar-refractivity contribution in [2.75, 3.05) is 19.6 Å². The zero-order valence-corrected chi connectivity index (χ0v) is 11.9. The molecule has 0 unspecified atom stereocenters. The lowest BCUT2D eigenvalue weighted by molar-refractivity contribution is -0.137. The van der Waals surface area contributed by atoms with Crippen molar-refractivity contribution in [3.8, 4) is 0 Å². The number of hydrogen-bond acceptors (Lipinski definition) is 2. The van der Waals surface area contributed by atoms with Gasteiger partial charge < -0.3 is 10.6 Å². The standard InChI is InChI=1S/C12H13Cl2F3N2O/c13-9-2-1-8(10(14)5-9)3-4-18-6-11(20)19-7-12(15,16)17/h1-2,5,18H,3-4,6-7H2,(H,19,20). The van der Waals surface area contributed by atoms with Gasteiger partial charge in [-0.15, -0.1) is 0 Å². The average molecular weight is 329 g/mol. The number of carbonyl (C=O) groups is 1. The molecule has 1 aromatic rings. The summed E-state index contributed by atoms with van der Waals surface area (Å²) in [6.07, 6.45) is -3.85. The largest absolute Gasteiger partial charge is 0.405 e. The molecule has 0 aliphatic rings. The smallest absolute Gasteiger partial charge is 0.346 e. The highest BCUT2D eigenvalue weighted by molar-refractivity contribution is 6.35. The molecule has 0 heterocycles. The molecule has 8 heteroatoms. The molecule has 0 saturated carbocycles. The van der Waals surface area contributed by atoms with Crippen LogP contribution < -0.4 is 10.6 Å². The van der Waals surface area contributed by atoms with Crippen LogP contribution in [0.1, 0.15) is 5.56 Å². The van der Waals surface area contributed by atoms with Crippen molar-refractivity contribution in [3.05, 3.63) is 33.8 Å². The Bertz CT molecular complexity index is 467. The third-order valence-electron chi connectivity index (χ3n) is 2.36. The van der Waals surface area contributed by atoms with E-state index in [2.05, 4.69) is 5.32 Å². The van der Waals surface area contributed by atoms with Crippen LogP contribution >= 0.6 is 23.2 Å². The number of carbonyl (C=O) groups excluding carboxylic acids is 1. The second-order valence-corrected chi connectivity index (χ2v) is 4.90. The molecule has 0 fully saturated rings. The van der Waals surface area contributed by atoms with Crippen molar-refractivity contribution in [2.24, 2.45) is 0 Å². The number of halogens is 5. The molecule has 1 aromatic carbocycles. The van der Waals surface area contributed by atoms with E-state index in [1.165, 1.54) is 0 Å². The highest BCUT2D eigenvalue weighted by Gasteiger charge is 2.27. The Hall–Kier alpha value is -0.980. The van der Waals surface area contributed by atoms with Gasteiger partial charge in [-0.25, -0.2) is 0 Å². The Morgan fingerprint density at radius 2 is 1.95 bits per heavy atom. The topological polar surface area (TPSA) is 41.1 Å². The maximum Gasteiger partial charge on any atom is 0.405 e. The minimum atomic E-state index is -4.40. The molecule has 112 valence electrons. The van der Waals surface area contributed by atoms with Crippen molar-refractivity contribution in [1.29, 1.82) is 0 Å². The van der Waals surface area contributed by atoms with Crippen LogP contribution in [0, 0.1) is 0 Å². The van der Waals surface area contributed by atoms with Gasteiger partial charge in [0, 0.05) is 10.0 Å². The van der Waals surface area contributed by atoms with Crippen molar-refractivity contribution >= 4 is 29.1 Å². The lowest BCUT2D eigenvalue weighted by atomic mass is 10.1. The molecule has 1 amide bonds. The van der Waals surface area contributed by atoms with Gasteiger partial charge in [0.05, 0.1) is 6.54 Å². The van der Waals surface area contributed by atoms with Gasteiger partial charge in [-0.2, -0.15) is 13.2 Å². The van der Waals surface area contributed by atoms with Crippen LogP contribution in [-0.4, -0.2) is 31.7 Å². The normalized spacial score (nSPS) is 11.4. The quantitative estimate of drug-likeness (QED) is 0.788. The maximum absolute atomic E-state index is 11.8. The van der Waals surface area contributed by atoms with Crippen LogP contribution in [0.15, 0.2) is 18.2 Å². The Kier molecular flexibility index (Phi) is 6.58. The fourth-order valence-electron chi connectivity index (χ4n) is 1.41. The summed E-state index contributed by atoms with van der Waals surface area (Å²) in [6, 6.07) is 5.06. The molecule has 0 saturated heterocycles. The molecular weight excluding hydrogens is 316 g/mol. The maximum atomic E-state index is 11.8. The SMILES string of the molecule is O=C(CNCCc1ccc(Cl)cc1Cl)NCC(F)(F)F. The molecule has 1 rings (SSSR count). The summed E-state index contributed by atoms with van der Waals surface area (Å²) < 4.78 is 35.5. The molecule has 0 spiro atoms. The van der Waals surface area contributed by atoms with E-state index in [4.69, 9.17) is 23.2 Å². The van der Waals surface area contributed by atoms with Gasteiger partial charge in [-0.05, 0) is 30.7 Å². The number of amides is 1. The molecule has 0 aliphatic heterocycles. The third kappa shape index (κ3) is 6.98. The van der Waals surface area contributed by atoms with Gasteiger partial charge in [0.1, 0.15) is 6.54 Å². The van der Waals surface area contributed by atoms with Crippen LogP contribution in [-0.2, 0) is 11.2 Å². The number of hydrogen-bond donors (Lipinski definition) is 2. The summed E-state index contributed by atoms with van der Waals surface area (Å²) in [5, 5.41) is 5.55. The number of nitrogens with one attached hydrogen (secondary N) is 2. The fraction of sp³-hybridized carbons (Fsp3) is 0.417. The molecule has 0 atom stereocenters. The second kappa shape index (κ2) is 7.71. The van der Waals surface area contributed by atoms with Gasteiger partial charge in [0.15, 0.2) is 0 Å². The minimum Gasteiger partial charge on any atom is -0.346 e. The predicted octanol–water partition coefficient (Wildman–Crippen LogP) is 2.80. The van der Waals surface area contributed by atoms with Gasteiger partial charge in [-0.3, -0.25) is 4.79 Å². The average Bonchev–Trinajstić information content (AvgIpc) is 2.33. The van der Waals surface area contributed by atoms with Gasteiger partial charge in [0.25, 0.3) is 0 Å². The lowest BCUT2D eigenvalue weighted by Gasteiger charge is -2.09.